The first-order chi connectivity index (χ1) is 64.7. The highest BCUT2D eigenvalue weighted by Gasteiger charge is 2.48. The predicted octanol–water partition coefficient (Wildman–Crippen LogP) is 38.9. The van der Waals surface area contributed by atoms with E-state index in [0.29, 0.717) is 59.5 Å². The number of hydrogen-bond donors (Lipinski definition) is 1. The first-order valence-corrected chi connectivity index (χ1v) is 58.7. The summed E-state index contributed by atoms with van der Waals surface area (Å²) in [4.78, 5) is 11.4. The van der Waals surface area contributed by atoms with Crippen LogP contribution in [0.3, 0.4) is 0 Å². The molecule has 3 aromatic rings. The van der Waals surface area contributed by atoms with E-state index in [1.165, 1.54) is 405 Å². The van der Waals surface area contributed by atoms with Gasteiger partial charge in [0.1, 0.15) is 28.1 Å². The van der Waals surface area contributed by atoms with Crippen LogP contribution in [0.5, 0.6) is 51.7 Å². The number of unbranched alkanes of at least 4 members (excludes halogenated alkanes) is 72. The summed E-state index contributed by atoms with van der Waals surface area (Å²) in [6.07, 6.45) is 98.7. The Balaban J connectivity index is 0.0000142. The van der Waals surface area contributed by atoms with Crippen molar-refractivity contribution in [2.24, 2.45) is 0 Å². The maximum atomic E-state index is 8.44. The third-order valence-electron chi connectivity index (χ3n) is 26.2. The molecular formula is C118H214O12S. The number of carboxylic acid groups (broad SMARTS) is 2. The summed E-state index contributed by atoms with van der Waals surface area (Å²) in [7, 11) is -1.16. The molecule has 3 aromatic carbocycles. The topological polar surface area (TPSA) is 143 Å². The highest BCUT2D eigenvalue weighted by molar-refractivity contribution is 7.97. The summed E-state index contributed by atoms with van der Waals surface area (Å²) >= 11 is 0. The molecule has 0 unspecified atom stereocenters. The minimum atomic E-state index is -2.08. The lowest BCUT2D eigenvalue weighted by molar-refractivity contribution is -0.275. The van der Waals surface area contributed by atoms with E-state index in [0.717, 1.165) is 182 Å². The van der Waals surface area contributed by atoms with Crippen LogP contribution >= 0.6 is 0 Å². The molecule has 0 bridgehead atoms. The molecule has 0 aliphatic carbocycles. The van der Waals surface area contributed by atoms with Gasteiger partial charge in [-0.2, -0.15) is 0 Å². The first-order valence-electron chi connectivity index (χ1n) is 57.5. The van der Waals surface area contributed by atoms with Crippen LogP contribution in [0.15, 0.2) is 51.1 Å². The Morgan fingerprint density at radius 1 is 0.183 bits per heavy atom. The van der Waals surface area contributed by atoms with E-state index in [4.69, 9.17) is 57.6 Å². The molecule has 0 fully saturated rings. The van der Waals surface area contributed by atoms with E-state index in [2.05, 4.69) is 98.7 Å². The van der Waals surface area contributed by atoms with Crippen LogP contribution in [0.4, 0.5) is 4.79 Å². The van der Waals surface area contributed by atoms with Crippen molar-refractivity contribution in [3.63, 3.8) is 0 Å². The van der Waals surface area contributed by atoms with E-state index in [9.17, 15) is 0 Å². The zero-order valence-electron chi connectivity index (χ0n) is 87.9. The largest absolute Gasteiger partial charge is 0.565 e. The summed E-state index contributed by atoms with van der Waals surface area (Å²) in [6.45, 7) is 26.3. The predicted molar refractivity (Wildman–Crippen MR) is 564 cm³/mol. The van der Waals surface area contributed by atoms with E-state index >= 15 is 0 Å². The first kappa shape index (κ1) is 123. The van der Waals surface area contributed by atoms with Crippen molar-refractivity contribution in [3.05, 3.63) is 36.4 Å². The van der Waals surface area contributed by atoms with Crippen LogP contribution < -0.4 is 47.7 Å². The van der Waals surface area contributed by atoms with Gasteiger partial charge in [0.15, 0.2) is 34.5 Å². The van der Waals surface area contributed by atoms with Crippen LogP contribution in [0.1, 0.15) is 582 Å². The third-order valence-corrected chi connectivity index (χ3v) is 28.6. The number of hydrogen-bond acceptors (Lipinski definition) is 11. The zero-order chi connectivity index (χ0) is 94.3. The minimum absolute atomic E-state index is 0.574. The summed E-state index contributed by atoms with van der Waals surface area (Å²) < 4.78 is 68.0. The van der Waals surface area contributed by atoms with Crippen LogP contribution in [0.25, 0.3) is 0 Å². The molecule has 0 saturated heterocycles. The molecule has 0 amide bonds. The van der Waals surface area contributed by atoms with Gasteiger partial charge >= 0.3 is 0 Å². The summed E-state index contributed by atoms with van der Waals surface area (Å²) in [5, 5.41) is 15.3. The van der Waals surface area contributed by atoms with Gasteiger partial charge < -0.3 is 57.6 Å². The molecule has 12 nitrogen and oxygen atoms in total. The van der Waals surface area contributed by atoms with Crippen molar-refractivity contribution in [3.8, 4) is 51.7 Å². The van der Waals surface area contributed by atoms with Crippen LogP contribution in [-0.4, -0.2) is 70.7 Å². The van der Waals surface area contributed by atoms with Gasteiger partial charge in [-0.3, -0.25) is 0 Å². The molecule has 3 rings (SSSR count). The van der Waals surface area contributed by atoms with Crippen molar-refractivity contribution in [1.29, 1.82) is 0 Å². The highest BCUT2D eigenvalue weighted by Crippen LogP contribution is 2.56. The fourth-order valence-electron chi connectivity index (χ4n) is 17.8. The molecule has 764 valence electrons. The summed E-state index contributed by atoms with van der Waals surface area (Å²) in [6, 6.07) is 13.6. The maximum absolute atomic E-state index is 8.44. The summed E-state index contributed by atoms with van der Waals surface area (Å²) in [5.74, 6) is 7.24. The van der Waals surface area contributed by atoms with Gasteiger partial charge in [0.2, 0.25) is 6.16 Å². The second kappa shape index (κ2) is 95.8. The summed E-state index contributed by atoms with van der Waals surface area (Å²) in [5.41, 5.74) is 0. The second-order valence-corrected chi connectivity index (χ2v) is 40.7. The highest BCUT2D eigenvalue weighted by atomic mass is 32.2. The molecule has 0 radical (unpaired) electrons. The molecule has 0 heterocycles. The molecule has 0 aromatic heterocycles. The lowest BCUT2D eigenvalue weighted by Gasteiger charge is -2.24. The van der Waals surface area contributed by atoms with Gasteiger partial charge in [-0.25, -0.2) is 0 Å². The van der Waals surface area contributed by atoms with Gasteiger partial charge in [0, 0.05) is 36.4 Å². The molecule has 13 heteroatoms. The molecular weight excluding hydrogens is 1640 g/mol. The Labute approximate surface area is 814 Å². The lowest BCUT2D eigenvalue weighted by Crippen LogP contribution is -2.18. The fraction of sp³-hybridized carbons (Fsp3) is 0.839. The van der Waals surface area contributed by atoms with E-state index in [1.807, 2.05) is 0 Å². The Morgan fingerprint density at radius 2 is 0.275 bits per heavy atom. The van der Waals surface area contributed by atoms with Gasteiger partial charge in [-0.1, -0.05) is 525 Å². The van der Waals surface area contributed by atoms with Crippen molar-refractivity contribution in [1.82, 2.24) is 0 Å². The van der Waals surface area contributed by atoms with Gasteiger partial charge in [0.25, 0.3) is 14.7 Å². The number of rotatable bonds is 102. The minimum Gasteiger partial charge on any atom is -0.565 e. The van der Waals surface area contributed by atoms with Crippen LogP contribution in [-0.2, 0) is 10.9 Å². The molecule has 0 saturated carbocycles. The number of benzene rings is 3. The zero-order valence-corrected chi connectivity index (χ0v) is 88.8. The van der Waals surface area contributed by atoms with Crippen molar-refractivity contribution >= 4 is 17.1 Å². The van der Waals surface area contributed by atoms with Gasteiger partial charge in [0.05, 0.1) is 59.5 Å². The Bertz CT molecular complexity index is 2470. The van der Waals surface area contributed by atoms with E-state index in [1.54, 1.807) is 0 Å². The van der Waals surface area contributed by atoms with E-state index < -0.39 is 17.1 Å². The smallest absolute Gasteiger partial charge is 0.250 e. The van der Waals surface area contributed by atoms with E-state index in [-0.39, 0.29) is 0 Å². The molecule has 0 aliphatic rings. The molecule has 1 N–H and O–H groups in total. The van der Waals surface area contributed by atoms with Gasteiger partial charge in [-0.15, -0.1) is 0 Å². The Kier molecular flexibility index (Phi) is 89.6. The van der Waals surface area contributed by atoms with Crippen molar-refractivity contribution in [2.75, 3.05) is 59.5 Å². The fourth-order valence-corrected chi connectivity index (χ4v) is 20.4. The second-order valence-electron chi connectivity index (χ2n) is 38.9. The Morgan fingerprint density at radius 3 is 0.382 bits per heavy atom. The lowest BCUT2D eigenvalue weighted by atomic mass is 10.1. The van der Waals surface area contributed by atoms with Crippen molar-refractivity contribution < 1.29 is 57.6 Å². The molecule has 0 aliphatic heterocycles. The SMILES string of the molecule is CCCCCCCCCCCOc1cc(OCCCCCCCCCCC)c([S+](c2c(OCCCCCCCCCCC)cc(OCCCCCCCCCCC)cc2OCCCCCCCCCCC)c2c(OCCCCCCCCCCC)cc(OCCCCCCCCCCC)cc2OCCCCCCCCCCC)c(OCCCCCCCCCCC)c1.O=C([O-])O. The van der Waals surface area contributed by atoms with Crippen molar-refractivity contribution in [2.45, 2.75) is 597 Å². The quantitative estimate of drug-likeness (QED) is 0.0424. The maximum Gasteiger partial charge on any atom is 0.250 e. The monoisotopic (exact) mass is 1860 g/mol. The molecule has 0 spiro atoms. The van der Waals surface area contributed by atoms with Crippen LogP contribution in [0, 0.1) is 0 Å². The van der Waals surface area contributed by atoms with Gasteiger partial charge in [-0.05, 0) is 57.8 Å². The normalized spacial score (nSPS) is 11.4. The van der Waals surface area contributed by atoms with Crippen LogP contribution in [0.2, 0.25) is 0 Å². The molecule has 131 heavy (non-hydrogen) atoms. The number of carbonyl (C=O) groups is 1. The standard InChI is InChI=1S/C117H213O9S.CH2O3/c1-10-19-28-37-46-55-64-73-82-91-118-106-100-109(121-94-85-76-67-58-49-40-31-22-13-4)115(110(101-106)122-95-86-77-68-59-50-41-32-23-14-5)127(116-111(123-96-87-78-69-60-51-42-33-24-15-6)102-107(119-92-83-74-65-56-47-38-29-20-11-2)103-112(116)124-97-88-79-70-61-52-43-34-25-16-7)117-113(125-98-89-80-71-62-53-44-35-26-17-8)104-108(120-93-84-75-66-57-48-39-30-21-12-3)105-114(117)126-99-90-81-72-63-54-45-36-27-18-9;2-1(3)4/h100-105H,10-99H2,1-9H3;(H2,2,3,4)/q+1;/p-1. The number of ether oxygens (including phenoxy) is 9. The third kappa shape index (κ3) is 71.6. The average Bonchev–Trinajstić information content (AvgIpc) is 0.740. The molecule has 0 atom stereocenters. The average molecular weight is 1860 g/mol. The Hall–Kier alpha value is -4.52.